The van der Waals surface area contributed by atoms with Crippen molar-refractivity contribution in [2.45, 2.75) is 12.8 Å². The van der Waals surface area contributed by atoms with Crippen molar-refractivity contribution in [2.75, 3.05) is 25.0 Å². The van der Waals surface area contributed by atoms with Crippen LogP contribution in [0.4, 0.5) is 5.69 Å². The number of hydrogen-bond acceptors (Lipinski definition) is 4. The maximum Gasteiger partial charge on any atom is 0.241 e. The van der Waals surface area contributed by atoms with Crippen LogP contribution < -0.4 is 5.32 Å². The number of amides is 1. The molecule has 0 aliphatic heterocycles. The molecule has 0 radical (unpaired) electrons. The van der Waals surface area contributed by atoms with Gasteiger partial charge in [0, 0.05) is 18.8 Å². The van der Waals surface area contributed by atoms with Crippen molar-refractivity contribution < 1.29 is 4.79 Å². The first-order valence-corrected chi connectivity index (χ1v) is 6.08. The van der Waals surface area contributed by atoms with Crippen molar-refractivity contribution in [3.05, 3.63) is 30.3 Å². The zero-order valence-electron chi connectivity index (χ0n) is 10.7. The first kappa shape index (κ1) is 14.5. The predicted octanol–water partition coefficient (Wildman–Crippen LogP) is 1.75. The third kappa shape index (κ3) is 5.56. The van der Waals surface area contributed by atoms with Crippen LogP contribution >= 0.6 is 0 Å². The molecule has 98 valence electrons. The van der Waals surface area contributed by atoms with Crippen molar-refractivity contribution in [3.8, 4) is 12.1 Å². The van der Waals surface area contributed by atoms with Crippen molar-refractivity contribution in [3.63, 3.8) is 0 Å². The van der Waals surface area contributed by atoms with Crippen LogP contribution in [0, 0.1) is 22.7 Å². The molecule has 1 amide bonds. The summed E-state index contributed by atoms with van der Waals surface area (Å²) in [5.41, 5.74) is 0.872. The Kier molecular flexibility index (Phi) is 6.53. The lowest BCUT2D eigenvalue weighted by Gasteiger charge is -2.20. The van der Waals surface area contributed by atoms with Gasteiger partial charge in [0.05, 0.1) is 31.5 Å². The summed E-state index contributed by atoms with van der Waals surface area (Å²) in [7, 11) is 0. The zero-order chi connectivity index (χ0) is 13.9. The van der Waals surface area contributed by atoms with Gasteiger partial charge in [0.15, 0.2) is 0 Å². The van der Waals surface area contributed by atoms with E-state index in [2.05, 4.69) is 5.32 Å². The van der Waals surface area contributed by atoms with Crippen molar-refractivity contribution >= 4 is 11.6 Å². The van der Waals surface area contributed by atoms with Gasteiger partial charge in [0.25, 0.3) is 0 Å². The lowest BCUT2D eigenvalue weighted by Crippen LogP contribution is -2.36. The van der Waals surface area contributed by atoms with Gasteiger partial charge in [-0.1, -0.05) is 18.2 Å². The van der Waals surface area contributed by atoms with Crippen molar-refractivity contribution in [2.24, 2.45) is 0 Å². The van der Waals surface area contributed by atoms with E-state index in [0.29, 0.717) is 13.1 Å². The Labute approximate surface area is 113 Å². The third-order valence-corrected chi connectivity index (χ3v) is 2.56. The van der Waals surface area contributed by atoms with Crippen LogP contribution in [0.25, 0.3) is 0 Å². The Morgan fingerprint density at radius 1 is 1.11 bits per heavy atom. The van der Waals surface area contributed by atoms with Gasteiger partial charge in [0.1, 0.15) is 0 Å². The molecule has 5 heteroatoms. The number of anilines is 1. The molecule has 0 aliphatic rings. The topological polar surface area (TPSA) is 79.9 Å². The second-order valence-electron chi connectivity index (χ2n) is 3.92. The van der Waals surface area contributed by atoms with Crippen molar-refractivity contribution in [1.82, 2.24) is 4.90 Å². The van der Waals surface area contributed by atoms with Crippen LogP contribution in [-0.2, 0) is 4.79 Å². The Bertz CT molecular complexity index is 454. The number of nitrogens with zero attached hydrogens (tertiary/aromatic N) is 3. The lowest BCUT2D eigenvalue weighted by molar-refractivity contribution is -0.129. The number of nitrogens with one attached hydrogen (secondary N) is 1. The highest BCUT2D eigenvalue weighted by Gasteiger charge is 2.12. The predicted molar refractivity (Wildman–Crippen MR) is 72.0 cm³/mol. The fourth-order valence-electron chi connectivity index (χ4n) is 1.58. The fraction of sp³-hybridized carbons (Fsp3) is 0.357. The summed E-state index contributed by atoms with van der Waals surface area (Å²) in [6, 6.07) is 13.4. The van der Waals surface area contributed by atoms with Crippen LogP contribution in [0.5, 0.6) is 0 Å². The number of carbonyl (C=O) groups excluding carboxylic acids is 1. The van der Waals surface area contributed by atoms with Gasteiger partial charge in [-0.2, -0.15) is 10.5 Å². The zero-order valence-corrected chi connectivity index (χ0v) is 10.7. The summed E-state index contributed by atoms with van der Waals surface area (Å²) >= 11 is 0. The van der Waals surface area contributed by atoms with E-state index >= 15 is 0 Å². The molecule has 0 unspecified atom stereocenters. The van der Waals surface area contributed by atoms with E-state index in [1.165, 1.54) is 0 Å². The lowest BCUT2D eigenvalue weighted by atomic mass is 10.3. The molecule has 0 fully saturated rings. The van der Waals surface area contributed by atoms with E-state index in [4.69, 9.17) is 10.5 Å². The summed E-state index contributed by atoms with van der Waals surface area (Å²) < 4.78 is 0. The third-order valence-electron chi connectivity index (χ3n) is 2.56. The van der Waals surface area contributed by atoms with E-state index < -0.39 is 0 Å². The van der Waals surface area contributed by atoms with E-state index in [1.807, 2.05) is 42.5 Å². The molecule has 0 atom stereocenters. The first-order chi connectivity index (χ1) is 9.27. The fourth-order valence-corrected chi connectivity index (χ4v) is 1.58. The Morgan fingerprint density at radius 2 is 1.68 bits per heavy atom. The first-order valence-electron chi connectivity index (χ1n) is 6.08. The molecular weight excluding hydrogens is 240 g/mol. The molecule has 0 aliphatic carbocycles. The number of hydrogen-bond donors (Lipinski definition) is 1. The highest BCUT2D eigenvalue weighted by atomic mass is 16.2. The summed E-state index contributed by atoms with van der Waals surface area (Å²) in [6.07, 6.45) is 0.561. The largest absolute Gasteiger partial charge is 0.376 e. The average Bonchev–Trinajstić information content (AvgIpc) is 2.46. The number of rotatable bonds is 7. The molecule has 0 spiro atoms. The number of carbonyl (C=O) groups is 1. The normalized spacial score (nSPS) is 9.16. The Hall–Kier alpha value is -2.53. The van der Waals surface area contributed by atoms with Crippen LogP contribution in [0.15, 0.2) is 30.3 Å². The highest BCUT2D eigenvalue weighted by molar-refractivity contribution is 5.80. The van der Waals surface area contributed by atoms with Crippen LogP contribution in [0.2, 0.25) is 0 Å². The van der Waals surface area contributed by atoms with E-state index in [0.717, 1.165) is 5.69 Å². The Morgan fingerprint density at radius 3 is 2.21 bits per heavy atom. The summed E-state index contributed by atoms with van der Waals surface area (Å²) in [5, 5.41) is 20.1. The quantitative estimate of drug-likeness (QED) is 0.806. The molecule has 0 aromatic heterocycles. The molecule has 0 heterocycles. The highest BCUT2D eigenvalue weighted by Crippen LogP contribution is 2.05. The van der Waals surface area contributed by atoms with Gasteiger partial charge in [0.2, 0.25) is 5.91 Å². The molecule has 0 saturated heterocycles. The second-order valence-corrected chi connectivity index (χ2v) is 3.92. The smallest absolute Gasteiger partial charge is 0.241 e. The summed E-state index contributed by atoms with van der Waals surface area (Å²) in [6.45, 7) is 0.905. The standard InChI is InChI=1S/C14H16N4O/c15-8-4-10-18(11-5-9-16)14(19)12-17-13-6-2-1-3-7-13/h1-3,6-7,17H,4-5,10-12H2. The molecule has 0 saturated carbocycles. The number of nitriles is 2. The minimum atomic E-state index is -0.102. The maximum atomic E-state index is 12.0. The van der Waals surface area contributed by atoms with E-state index in [1.54, 1.807) is 4.90 Å². The number of para-hydroxylation sites is 1. The molecule has 1 rings (SSSR count). The van der Waals surface area contributed by atoms with Crippen LogP contribution in [0.1, 0.15) is 12.8 Å². The molecule has 1 N–H and O–H groups in total. The maximum absolute atomic E-state index is 12.0. The monoisotopic (exact) mass is 256 g/mol. The number of benzene rings is 1. The van der Waals surface area contributed by atoms with Gasteiger partial charge < -0.3 is 10.2 Å². The summed E-state index contributed by atoms with van der Waals surface area (Å²) in [4.78, 5) is 13.5. The van der Waals surface area contributed by atoms with Gasteiger partial charge in [-0.05, 0) is 12.1 Å². The minimum Gasteiger partial charge on any atom is -0.376 e. The van der Waals surface area contributed by atoms with E-state index in [9.17, 15) is 4.79 Å². The molecule has 0 bridgehead atoms. The molecule has 1 aromatic carbocycles. The SMILES string of the molecule is N#CCCN(CCC#N)C(=O)CNc1ccccc1. The molecular formula is C14H16N4O. The van der Waals surface area contributed by atoms with Gasteiger partial charge in [-0.3, -0.25) is 4.79 Å². The molecule has 1 aromatic rings. The molecule has 5 nitrogen and oxygen atoms in total. The minimum absolute atomic E-state index is 0.102. The average molecular weight is 256 g/mol. The summed E-state index contributed by atoms with van der Waals surface area (Å²) in [5.74, 6) is -0.102. The van der Waals surface area contributed by atoms with Crippen molar-refractivity contribution in [1.29, 1.82) is 10.5 Å². The van der Waals surface area contributed by atoms with Gasteiger partial charge >= 0.3 is 0 Å². The van der Waals surface area contributed by atoms with E-state index in [-0.39, 0.29) is 25.3 Å². The second kappa shape index (κ2) is 8.54. The van der Waals surface area contributed by atoms with Gasteiger partial charge in [-0.15, -0.1) is 0 Å². The van der Waals surface area contributed by atoms with Gasteiger partial charge in [-0.25, -0.2) is 0 Å². The van der Waals surface area contributed by atoms with Crippen LogP contribution in [-0.4, -0.2) is 30.4 Å². The molecule has 19 heavy (non-hydrogen) atoms. The van der Waals surface area contributed by atoms with Crippen LogP contribution in [0.3, 0.4) is 0 Å². The Balaban J connectivity index is 2.47.